The van der Waals surface area contributed by atoms with Crippen LogP contribution in [-0.2, 0) is 4.74 Å². The molecule has 1 aliphatic carbocycles. The molecule has 1 aromatic carbocycles. The summed E-state index contributed by atoms with van der Waals surface area (Å²) in [6, 6.07) is 8.27. The predicted octanol–water partition coefficient (Wildman–Crippen LogP) is 3.26. The van der Waals surface area contributed by atoms with Gasteiger partial charge in [0.05, 0.1) is 6.10 Å². The first kappa shape index (κ1) is 13.1. The number of anilines is 1. The van der Waals surface area contributed by atoms with Gasteiger partial charge in [0.25, 0.3) is 0 Å². The molecule has 0 unspecified atom stereocenters. The lowest BCUT2D eigenvalue weighted by Crippen LogP contribution is -2.40. The Kier molecular flexibility index (Phi) is 4.37. The Morgan fingerprint density at radius 2 is 1.94 bits per heavy atom. The normalized spacial score (nSPS) is 22.3. The molecular weight excluding hydrogens is 226 g/mol. The van der Waals surface area contributed by atoms with Gasteiger partial charge in [0.15, 0.2) is 5.78 Å². The van der Waals surface area contributed by atoms with Crippen LogP contribution >= 0.6 is 0 Å². The summed E-state index contributed by atoms with van der Waals surface area (Å²) in [5.41, 5.74) is 1.88. The Hall–Kier alpha value is -1.35. The van der Waals surface area contributed by atoms with Gasteiger partial charge < -0.3 is 10.1 Å². The van der Waals surface area contributed by atoms with Gasteiger partial charge in [0, 0.05) is 30.3 Å². The van der Waals surface area contributed by atoms with E-state index in [4.69, 9.17) is 4.74 Å². The summed E-state index contributed by atoms with van der Waals surface area (Å²) in [5, 5.41) is 3.46. The molecule has 0 saturated heterocycles. The number of carbonyl (C=O) groups excluding carboxylic acids is 1. The van der Waals surface area contributed by atoms with E-state index in [2.05, 4.69) is 5.32 Å². The number of carbonyl (C=O) groups is 1. The third kappa shape index (κ3) is 3.10. The van der Waals surface area contributed by atoms with Crippen molar-refractivity contribution in [2.75, 3.05) is 11.9 Å². The molecule has 0 amide bonds. The molecule has 0 aromatic heterocycles. The molecule has 1 N–H and O–H groups in total. The van der Waals surface area contributed by atoms with E-state index in [-0.39, 0.29) is 5.78 Å². The molecule has 0 spiro atoms. The van der Waals surface area contributed by atoms with Crippen LogP contribution < -0.4 is 5.32 Å². The highest BCUT2D eigenvalue weighted by Gasteiger charge is 2.29. The standard InChI is InChI=1S/C15H21NO2/c1-3-15(17)11-5-7-12(8-6-11)16-13-9-14(10-13)18-4-2/h5-8,13-14,16H,3-4,9-10H2,1-2H3. The van der Waals surface area contributed by atoms with Crippen LogP contribution in [0.15, 0.2) is 24.3 Å². The molecule has 98 valence electrons. The van der Waals surface area contributed by atoms with Crippen LogP contribution in [0.5, 0.6) is 0 Å². The number of rotatable bonds is 6. The first-order valence-electron chi connectivity index (χ1n) is 6.74. The van der Waals surface area contributed by atoms with Gasteiger partial charge in [-0.1, -0.05) is 6.92 Å². The fraction of sp³-hybridized carbons (Fsp3) is 0.533. The summed E-state index contributed by atoms with van der Waals surface area (Å²) in [7, 11) is 0. The second kappa shape index (κ2) is 6.01. The Labute approximate surface area is 109 Å². The van der Waals surface area contributed by atoms with Gasteiger partial charge in [-0.05, 0) is 44.0 Å². The zero-order valence-electron chi connectivity index (χ0n) is 11.1. The van der Waals surface area contributed by atoms with E-state index in [0.29, 0.717) is 18.6 Å². The number of Topliss-reactive ketones (excluding diaryl/α,β-unsaturated/α-hetero) is 1. The van der Waals surface area contributed by atoms with E-state index >= 15 is 0 Å². The summed E-state index contributed by atoms with van der Waals surface area (Å²) < 4.78 is 5.53. The summed E-state index contributed by atoms with van der Waals surface area (Å²) in [4.78, 5) is 11.5. The van der Waals surface area contributed by atoms with E-state index in [9.17, 15) is 4.79 Å². The molecule has 0 aliphatic heterocycles. The van der Waals surface area contributed by atoms with E-state index in [0.717, 1.165) is 30.7 Å². The average molecular weight is 247 g/mol. The largest absolute Gasteiger partial charge is 0.382 e. The van der Waals surface area contributed by atoms with Crippen LogP contribution in [0.25, 0.3) is 0 Å². The van der Waals surface area contributed by atoms with Crippen molar-refractivity contribution in [3.63, 3.8) is 0 Å². The maximum Gasteiger partial charge on any atom is 0.162 e. The molecule has 0 atom stereocenters. The molecule has 3 nitrogen and oxygen atoms in total. The first-order chi connectivity index (χ1) is 8.72. The highest BCUT2D eigenvalue weighted by Crippen LogP contribution is 2.26. The summed E-state index contributed by atoms with van der Waals surface area (Å²) in [6.45, 7) is 4.71. The van der Waals surface area contributed by atoms with Crippen LogP contribution in [0.2, 0.25) is 0 Å². The van der Waals surface area contributed by atoms with Gasteiger partial charge in [-0.3, -0.25) is 4.79 Å². The summed E-state index contributed by atoms with van der Waals surface area (Å²) in [5.74, 6) is 0.196. The molecule has 1 aliphatic rings. The summed E-state index contributed by atoms with van der Waals surface area (Å²) in [6.07, 6.45) is 3.13. The highest BCUT2D eigenvalue weighted by atomic mass is 16.5. The van der Waals surface area contributed by atoms with E-state index in [1.165, 1.54) is 0 Å². The van der Waals surface area contributed by atoms with Crippen molar-refractivity contribution >= 4 is 11.5 Å². The maximum atomic E-state index is 11.5. The number of nitrogens with one attached hydrogen (secondary N) is 1. The van der Waals surface area contributed by atoms with Gasteiger partial charge in [-0.25, -0.2) is 0 Å². The van der Waals surface area contributed by atoms with Crippen LogP contribution in [0, 0.1) is 0 Å². The predicted molar refractivity (Wildman–Crippen MR) is 73.1 cm³/mol. The van der Waals surface area contributed by atoms with Crippen LogP contribution in [0.4, 0.5) is 5.69 Å². The van der Waals surface area contributed by atoms with Crippen molar-refractivity contribution in [3.8, 4) is 0 Å². The SMILES string of the molecule is CCOC1CC(Nc2ccc(C(=O)CC)cc2)C1. The van der Waals surface area contributed by atoms with Crippen molar-refractivity contribution in [3.05, 3.63) is 29.8 Å². The molecule has 18 heavy (non-hydrogen) atoms. The fourth-order valence-corrected chi connectivity index (χ4v) is 2.25. The molecule has 2 rings (SSSR count). The van der Waals surface area contributed by atoms with Crippen molar-refractivity contribution in [1.82, 2.24) is 0 Å². The second-order valence-electron chi connectivity index (χ2n) is 4.74. The first-order valence-corrected chi connectivity index (χ1v) is 6.74. The zero-order chi connectivity index (χ0) is 13.0. The summed E-state index contributed by atoms with van der Waals surface area (Å²) >= 11 is 0. The average Bonchev–Trinajstić information content (AvgIpc) is 2.36. The van der Waals surface area contributed by atoms with Crippen LogP contribution in [-0.4, -0.2) is 24.5 Å². The zero-order valence-corrected chi connectivity index (χ0v) is 11.1. The third-order valence-corrected chi connectivity index (χ3v) is 3.40. The van der Waals surface area contributed by atoms with Gasteiger partial charge in [-0.15, -0.1) is 0 Å². The second-order valence-corrected chi connectivity index (χ2v) is 4.74. The molecule has 0 heterocycles. The Bertz CT molecular complexity index is 393. The van der Waals surface area contributed by atoms with Crippen molar-refractivity contribution in [2.24, 2.45) is 0 Å². The van der Waals surface area contributed by atoms with Crippen LogP contribution in [0.3, 0.4) is 0 Å². The Morgan fingerprint density at radius 3 is 2.50 bits per heavy atom. The van der Waals surface area contributed by atoms with Gasteiger partial charge in [0.1, 0.15) is 0 Å². The third-order valence-electron chi connectivity index (χ3n) is 3.40. The lowest BCUT2D eigenvalue weighted by atomic mass is 9.89. The number of benzene rings is 1. The smallest absolute Gasteiger partial charge is 0.162 e. The molecule has 0 bridgehead atoms. The molecule has 1 aromatic rings. The molecular formula is C15H21NO2. The lowest BCUT2D eigenvalue weighted by molar-refractivity contribution is 0.00299. The van der Waals surface area contributed by atoms with Crippen LogP contribution in [0.1, 0.15) is 43.5 Å². The van der Waals surface area contributed by atoms with Crippen molar-refractivity contribution in [2.45, 2.75) is 45.3 Å². The fourth-order valence-electron chi connectivity index (χ4n) is 2.25. The number of hydrogen-bond acceptors (Lipinski definition) is 3. The topological polar surface area (TPSA) is 38.3 Å². The quantitative estimate of drug-likeness (QED) is 0.784. The molecule has 3 heteroatoms. The minimum atomic E-state index is 0.196. The van der Waals surface area contributed by atoms with Gasteiger partial charge in [-0.2, -0.15) is 0 Å². The number of ether oxygens (including phenoxy) is 1. The number of ketones is 1. The monoisotopic (exact) mass is 247 g/mol. The molecule has 1 fully saturated rings. The molecule has 1 saturated carbocycles. The highest BCUT2D eigenvalue weighted by molar-refractivity contribution is 5.96. The Balaban J connectivity index is 1.83. The Morgan fingerprint density at radius 1 is 1.28 bits per heavy atom. The minimum absolute atomic E-state index is 0.196. The van der Waals surface area contributed by atoms with Gasteiger partial charge in [0.2, 0.25) is 0 Å². The number of hydrogen-bond donors (Lipinski definition) is 1. The van der Waals surface area contributed by atoms with E-state index in [1.807, 2.05) is 38.1 Å². The lowest BCUT2D eigenvalue weighted by Gasteiger charge is -2.36. The van der Waals surface area contributed by atoms with Gasteiger partial charge >= 0.3 is 0 Å². The van der Waals surface area contributed by atoms with E-state index < -0.39 is 0 Å². The van der Waals surface area contributed by atoms with E-state index in [1.54, 1.807) is 0 Å². The maximum absolute atomic E-state index is 11.5. The minimum Gasteiger partial charge on any atom is -0.382 e. The molecule has 0 radical (unpaired) electrons. The van der Waals surface area contributed by atoms with Crippen molar-refractivity contribution < 1.29 is 9.53 Å². The van der Waals surface area contributed by atoms with Crippen molar-refractivity contribution in [1.29, 1.82) is 0 Å².